The number of halogens is 1. The van der Waals surface area contributed by atoms with Gasteiger partial charge in [-0.3, -0.25) is 4.79 Å². The fraction of sp³-hybridized carbons (Fsp3) is 0.250. The van der Waals surface area contributed by atoms with Crippen molar-refractivity contribution in [1.29, 1.82) is 0 Å². The number of rotatable bonds is 3. The summed E-state index contributed by atoms with van der Waals surface area (Å²) in [6.45, 7) is 0.740. The first-order valence-electron chi connectivity index (χ1n) is 5.94. The number of benzene rings is 1. The molecule has 0 atom stereocenters. The number of nitrogens with two attached hydrogens (primary N) is 1. The molecule has 1 aromatic carbocycles. The summed E-state index contributed by atoms with van der Waals surface area (Å²) in [5.74, 6) is 0.439. The Labute approximate surface area is 132 Å². The van der Waals surface area contributed by atoms with Crippen molar-refractivity contribution in [3.63, 3.8) is 0 Å². The maximum Gasteiger partial charge on any atom is 0.237 e. The molecule has 0 spiro atoms. The summed E-state index contributed by atoms with van der Waals surface area (Å²) in [6, 6.07) is 6.02. The number of thioether (sulfide) groups is 1. The van der Waals surface area contributed by atoms with Gasteiger partial charge in [-0.25, -0.2) is 0 Å². The van der Waals surface area contributed by atoms with E-state index in [0.29, 0.717) is 10.9 Å². The molecule has 2 heterocycles. The quantitative estimate of drug-likeness (QED) is 0.840. The normalized spacial score (nSPS) is 13.6. The molecule has 1 aromatic heterocycles. The summed E-state index contributed by atoms with van der Waals surface area (Å²) >= 11 is 6.13. The lowest BCUT2D eigenvalue weighted by molar-refractivity contribution is -0.116. The molecule has 0 aliphatic carbocycles. The van der Waals surface area contributed by atoms with E-state index in [1.165, 1.54) is 28.7 Å². The Morgan fingerprint density at radius 1 is 1.50 bits per heavy atom. The van der Waals surface area contributed by atoms with Gasteiger partial charge in [-0.2, -0.15) is 0 Å². The van der Waals surface area contributed by atoms with Gasteiger partial charge in [-0.15, -0.1) is 10.2 Å². The highest BCUT2D eigenvalue weighted by molar-refractivity contribution is 9.10. The topological polar surface area (TPSA) is 72.1 Å². The van der Waals surface area contributed by atoms with Crippen molar-refractivity contribution in [2.75, 3.05) is 22.9 Å². The fourth-order valence-corrected chi connectivity index (χ4v) is 4.03. The number of amides is 1. The molecule has 2 N–H and O–H groups in total. The van der Waals surface area contributed by atoms with E-state index in [2.05, 4.69) is 32.2 Å². The third kappa shape index (κ3) is 2.82. The van der Waals surface area contributed by atoms with Crippen molar-refractivity contribution in [3.05, 3.63) is 28.2 Å². The Morgan fingerprint density at radius 2 is 2.35 bits per heavy atom. The molecule has 0 saturated carbocycles. The SMILES string of the molecule is Nc1nnc(SCC(=O)N2CCc3cc(Br)ccc32)s1. The van der Waals surface area contributed by atoms with E-state index >= 15 is 0 Å². The molecule has 0 unspecified atom stereocenters. The molecule has 1 amide bonds. The average Bonchev–Trinajstić information content (AvgIpc) is 3.01. The highest BCUT2D eigenvalue weighted by atomic mass is 79.9. The zero-order valence-electron chi connectivity index (χ0n) is 10.4. The molecule has 1 aliphatic rings. The fourth-order valence-electron chi connectivity index (χ4n) is 2.11. The lowest BCUT2D eigenvalue weighted by Gasteiger charge is -2.16. The summed E-state index contributed by atoms with van der Waals surface area (Å²) in [4.78, 5) is 14.1. The highest BCUT2D eigenvalue weighted by Gasteiger charge is 2.24. The van der Waals surface area contributed by atoms with Crippen molar-refractivity contribution >= 4 is 55.8 Å². The molecular formula is C12H11BrN4OS2. The molecular weight excluding hydrogens is 360 g/mol. The van der Waals surface area contributed by atoms with E-state index in [1.807, 2.05) is 17.0 Å². The first-order valence-corrected chi connectivity index (χ1v) is 8.53. The predicted octanol–water partition coefficient (Wildman–Crippen LogP) is 2.56. The highest BCUT2D eigenvalue weighted by Crippen LogP contribution is 2.32. The zero-order chi connectivity index (χ0) is 14.1. The van der Waals surface area contributed by atoms with Gasteiger partial charge in [0, 0.05) is 16.7 Å². The molecule has 0 bridgehead atoms. The van der Waals surface area contributed by atoms with Crippen molar-refractivity contribution in [2.45, 2.75) is 10.8 Å². The number of fused-ring (bicyclic) bond motifs is 1. The predicted molar refractivity (Wildman–Crippen MR) is 85.2 cm³/mol. The van der Waals surface area contributed by atoms with Crippen LogP contribution in [0.4, 0.5) is 10.8 Å². The van der Waals surface area contributed by atoms with Crippen LogP contribution >= 0.6 is 39.0 Å². The Morgan fingerprint density at radius 3 is 3.10 bits per heavy atom. The van der Waals surface area contributed by atoms with Gasteiger partial charge in [0.2, 0.25) is 11.0 Å². The van der Waals surface area contributed by atoms with Crippen LogP contribution in [0.5, 0.6) is 0 Å². The average molecular weight is 371 g/mol. The number of anilines is 2. The van der Waals surface area contributed by atoms with Gasteiger partial charge in [-0.1, -0.05) is 39.0 Å². The molecule has 20 heavy (non-hydrogen) atoms. The van der Waals surface area contributed by atoms with Gasteiger partial charge in [-0.05, 0) is 30.2 Å². The third-order valence-corrected chi connectivity index (χ3v) is 5.34. The number of carbonyl (C=O) groups excluding carboxylic acids is 1. The molecule has 8 heteroatoms. The summed E-state index contributed by atoms with van der Waals surface area (Å²) in [6.07, 6.45) is 0.900. The van der Waals surface area contributed by atoms with E-state index in [-0.39, 0.29) is 5.91 Å². The molecule has 3 rings (SSSR count). The van der Waals surface area contributed by atoms with Crippen molar-refractivity contribution in [1.82, 2.24) is 10.2 Å². The number of nitrogens with zero attached hydrogens (tertiary/aromatic N) is 3. The first kappa shape index (κ1) is 13.8. The molecule has 2 aromatic rings. The summed E-state index contributed by atoms with van der Waals surface area (Å²) in [5.41, 5.74) is 7.73. The molecule has 0 fully saturated rings. The Balaban J connectivity index is 1.67. The number of carbonyl (C=O) groups is 1. The Kier molecular flexibility index (Phi) is 3.95. The van der Waals surface area contributed by atoms with Crippen LogP contribution in [-0.4, -0.2) is 28.4 Å². The lowest BCUT2D eigenvalue weighted by Crippen LogP contribution is -2.30. The number of aromatic nitrogens is 2. The van der Waals surface area contributed by atoms with Gasteiger partial charge in [0.05, 0.1) is 5.75 Å². The van der Waals surface area contributed by atoms with Crippen LogP contribution in [0.2, 0.25) is 0 Å². The molecule has 104 valence electrons. The van der Waals surface area contributed by atoms with Crippen LogP contribution in [0.25, 0.3) is 0 Å². The maximum absolute atomic E-state index is 12.3. The van der Waals surface area contributed by atoms with Crippen LogP contribution in [0.3, 0.4) is 0 Å². The van der Waals surface area contributed by atoms with Gasteiger partial charge >= 0.3 is 0 Å². The first-order chi connectivity index (χ1) is 9.63. The van der Waals surface area contributed by atoms with Gasteiger partial charge < -0.3 is 10.6 Å². The van der Waals surface area contributed by atoms with Crippen molar-refractivity contribution < 1.29 is 4.79 Å². The minimum absolute atomic E-state index is 0.0878. The van der Waals surface area contributed by atoms with E-state index in [4.69, 9.17) is 5.73 Å². The minimum atomic E-state index is 0.0878. The summed E-state index contributed by atoms with van der Waals surface area (Å²) < 4.78 is 1.77. The molecule has 0 saturated heterocycles. The summed E-state index contributed by atoms with van der Waals surface area (Å²) in [7, 11) is 0. The van der Waals surface area contributed by atoms with Gasteiger partial charge in [0.1, 0.15) is 0 Å². The minimum Gasteiger partial charge on any atom is -0.374 e. The Bertz CT molecular complexity index is 661. The van der Waals surface area contributed by atoms with Crippen LogP contribution in [0.15, 0.2) is 27.0 Å². The van der Waals surface area contributed by atoms with Crippen LogP contribution in [0.1, 0.15) is 5.56 Å². The van der Waals surface area contributed by atoms with Crippen LogP contribution in [0, 0.1) is 0 Å². The van der Waals surface area contributed by atoms with Crippen LogP contribution in [-0.2, 0) is 11.2 Å². The standard InChI is InChI=1S/C12H11BrN4OS2/c13-8-1-2-9-7(5-8)3-4-17(9)10(18)6-19-12-16-15-11(14)20-12/h1-2,5H,3-4,6H2,(H2,14,15). The molecule has 0 radical (unpaired) electrons. The largest absolute Gasteiger partial charge is 0.374 e. The van der Waals surface area contributed by atoms with E-state index in [0.717, 1.165) is 27.5 Å². The Hall–Kier alpha value is -1.12. The second kappa shape index (κ2) is 5.71. The van der Waals surface area contributed by atoms with E-state index < -0.39 is 0 Å². The number of hydrogen-bond acceptors (Lipinski definition) is 6. The number of nitrogen functional groups attached to an aromatic ring is 1. The van der Waals surface area contributed by atoms with E-state index in [9.17, 15) is 4.79 Å². The lowest BCUT2D eigenvalue weighted by atomic mass is 10.2. The van der Waals surface area contributed by atoms with E-state index in [1.54, 1.807) is 0 Å². The van der Waals surface area contributed by atoms with Crippen molar-refractivity contribution in [2.24, 2.45) is 0 Å². The molecule has 5 nitrogen and oxygen atoms in total. The number of hydrogen-bond donors (Lipinski definition) is 1. The van der Waals surface area contributed by atoms with Gasteiger partial charge in [0.15, 0.2) is 4.34 Å². The monoisotopic (exact) mass is 370 g/mol. The van der Waals surface area contributed by atoms with Gasteiger partial charge in [0.25, 0.3) is 0 Å². The maximum atomic E-state index is 12.3. The zero-order valence-corrected chi connectivity index (χ0v) is 13.6. The second-order valence-electron chi connectivity index (χ2n) is 4.26. The second-order valence-corrected chi connectivity index (χ2v) is 7.41. The molecule has 1 aliphatic heterocycles. The summed E-state index contributed by atoms with van der Waals surface area (Å²) in [5, 5.41) is 8.06. The smallest absolute Gasteiger partial charge is 0.237 e. The van der Waals surface area contributed by atoms with Crippen molar-refractivity contribution in [3.8, 4) is 0 Å². The van der Waals surface area contributed by atoms with Crippen LogP contribution < -0.4 is 10.6 Å². The third-order valence-electron chi connectivity index (χ3n) is 2.98.